The van der Waals surface area contributed by atoms with Crippen molar-refractivity contribution in [3.05, 3.63) is 64.2 Å². The van der Waals surface area contributed by atoms with Crippen LogP contribution in [0.1, 0.15) is 57.4 Å². The highest BCUT2D eigenvalue weighted by molar-refractivity contribution is 7.16. The Balaban J connectivity index is 1.93. The molecule has 28 heavy (non-hydrogen) atoms. The minimum atomic E-state index is 0.0344. The lowest BCUT2D eigenvalue weighted by molar-refractivity contribution is 0.242. The van der Waals surface area contributed by atoms with Gasteiger partial charge in [0.1, 0.15) is 16.8 Å². The Morgan fingerprint density at radius 1 is 1.21 bits per heavy atom. The molecule has 0 radical (unpaired) electrons. The van der Waals surface area contributed by atoms with Crippen LogP contribution < -0.4 is 4.74 Å². The highest BCUT2D eigenvalue weighted by atomic mass is 32.1. The number of hydrogen-bond donors (Lipinski definition) is 0. The minimum absolute atomic E-state index is 0.0344. The summed E-state index contributed by atoms with van der Waals surface area (Å²) in [7, 11) is 0. The van der Waals surface area contributed by atoms with Gasteiger partial charge in [-0.05, 0) is 70.7 Å². The Morgan fingerprint density at radius 3 is 2.79 bits per heavy atom. The molecule has 4 heteroatoms. The predicted octanol–water partition coefficient (Wildman–Crippen LogP) is 6.93. The Hall–Kier alpha value is -2.64. The van der Waals surface area contributed by atoms with Crippen molar-refractivity contribution in [1.82, 2.24) is 4.98 Å². The topological polar surface area (TPSA) is 45.9 Å². The van der Waals surface area contributed by atoms with Gasteiger partial charge in [-0.15, -0.1) is 11.3 Å². The minimum Gasteiger partial charge on any atom is -0.490 e. The molecule has 1 aliphatic carbocycles. The third-order valence-electron chi connectivity index (χ3n) is 4.71. The van der Waals surface area contributed by atoms with E-state index in [2.05, 4.69) is 43.1 Å². The van der Waals surface area contributed by atoms with Crippen LogP contribution in [-0.2, 0) is 0 Å². The van der Waals surface area contributed by atoms with Gasteiger partial charge in [0.2, 0.25) is 0 Å². The molecule has 144 valence electrons. The first-order chi connectivity index (χ1) is 13.5. The lowest BCUT2D eigenvalue weighted by Crippen LogP contribution is -2.06. The van der Waals surface area contributed by atoms with Crippen molar-refractivity contribution in [2.24, 2.45) is 0 Å². The number of benzene rings is 1. The Bertz CT molecular complexity index is 986. The first-order valence-corrected chi connectivity index (χ1v) is 10.5. The molecule has 0 saturated heterocycles. The monoisotopic (exact) mass is 390 g/mol. The molecule has 0 amide bonds. The van der Waals surface area contributed by atoms with Gasteiger partial charge in [-0.2, -0.15) is 5.26 Å². The summed E-state index contributed by atoms with van der Waals surface area (Å²) in [5.41, 5.74) is 5.57. The summed E-state index contributed by atoms with van der Waals surface area (Å²) in [6.07, 6.45) is 11.9. The molecule has 0 saturated carbocycles. The number of rotatable bonds is 4. The lowest BCUT2D eigenvalue weighted by atomic mass is 10.0. The number of thiazole rings is 1. The van der Waals surface area contributed by atoms with Crippen LogP contribution in [0.15, 0.2) is 53.8 Å². The van der Waals surface area contributed by atoms with Crippen LogP contribution in [0.3, 0.4) is 0 Å². The zero-order valence-electron chi connectivity index (χ0n) is 17.0. The number of nitriles is 1. The molecule has 0 N–H and O–H groups in total. The summed E-state index contributed by atoms with van der Waals surface area (Å²) in [6, 6.07) is 7.95. The average Bonchev–Trinajstić information content (AvgIpc) is 3.16. The molecule has 0 fully saturated rings. The summed E-state index contributed by atoms with van der Waals surface area (Å²) in [5, 5.41) is 10.4. The van der Waals surface area contributed by atoms with E-state index in [1.807, 2.05) is 38.2 Å². The van der Waals surface area contributed by atoms with Gasteiger partial charge in [0.25, 0.3) is 0 Å². The number of hydrogen-bond acceptors (Lipinski definition) is 4. The smallest absolute Gasteiger partial charge is 0.137 e. The van der Waals surface area contributed by atoms with Crippen LogP contribution >= 0.6 is 11.3 Å². The molecule has 1 aromatic carbocycles. The summed E-state index contributed by atoms with van der Waals surface area (Å²) in [5.74, 6) is 0.623. The van der Waals surface area contributed by atoms with Gasteiger partial charge in [0, 0.05) is 11.8 Å². The number of allylic oxidation sites excluding steroid dienone is 6. The predicted molar refractivity (Wildman–Crippen MR) is 117 cm³/mol. The fourth-order valence-electron chi connectivity index (χ4n) is 3.23. The van der Waals surface area contributed by atoms with Gasteiger partial charge in [0.15, 0.2) is 0 Å². The maximum absolute atomic E-state index is 9.48. The molecule has 2 aromatic rings. The summed E-state index contributed by atoms with van der Waals surface area (Å²) in [4.78, 5) is 5.80. The van der Waals surface area contributed by atoms with Crippen LogP contribution in [0.25, 0.3) is 16.1 Å². The second-order valence-electron chi connectivity index (χ2n) is 7.44. The first-order valence-electron chi connectivity index (χ1n) is 9.69. The van der Waals surface area contributed by atoms with Gasteiger partial charge in [-0.1, -0.05) is 29.4 Å². The SMILES string of the molecule is C\C1=C(c2cnc(-c3ccc(OC(C)C)c(C#N)c3)s2)/C=C\C=C(/C)CCC1. The number of aromatic nitrogens is 1. The highest BCUT2D eigenvalue weighted by Gasteiger charge is 2.13. The second kappa shape index (κ2) is 9.03. The molecule has 0 unspecified atom stereocenters. The van der Waals surface area contributed by atoms with Crippen LogP contribution in [0.4, 0.5) is 0 Å². The fraction of sp³-hybridized carbons (Fsp3) is 0.333. The van der Waals surface area contributed by atoms with Gasteiger partial charge >= 0.3 is 0 Å². The number of nitrogens with zero attached hydrogens (tertiary/aromatic N) is 2. The van der Waals surface area contributed by atoms with Crippen molar-refractivity contribution < 1.29 is 4.74 Å². The van der Waals surface area contributed by atoms with Gasteiger partial charge in [-0.3, -0.25) is 0 Å². The Labute approximate surface area is 171 Å². The maximum atomic E-state index is 9.48. The van der Waals surface area contributed by atoms with E-state index in [1.54, 1.807) is 11.3 Å². The Morgan fingerprint density at radius 2 is 2.04 bits per heavy atom. The van der Waals surface area contributed by atoms with Crippen molar-refractivity contribution >= 4 is 16.9 Å². The quantitative estimate of drug-likeness (QED) is 0.568. The molecule has 1 heterocycles. The van der Waals surface area contributed by atoms with E-state index in [0.29, 0.717) is 11.3 Å². The Kier molecular flexibility index (Phi) is 6.49. The zero-order valence-corrected chi connectivity index (χ0v) is 17.8. The van der Waals surface area contributed by atoms with E-state index in [4.69, 9.17) is 4.74 Å². The van der Waals surface area contributed by atoms with Crippen molar-refractivity contribution in [3.63, 3.8) is 0 Å². The molecule has 0 spiro atoms. The first kappa shape index (κ1) is 20.1. The number of ether oxygens (including phenoxy) is 1. The largest absolute Gasteiger partial charge is 0.490 e. The van der Waals surface area contributed by atoms with E-state index < -0.39 is 0 Å². The second-order valence-corrected chi connectivity index (χ2v) is 8.47. The summed E-state index contributed by atoms with van der Waals surface area (Å²) in [6.45, 7) is 8.32. The molecule has 3 nitrogen and oxygen atoms in total. The third kappa shape index (κ3) is 4.79. The van der Waals surface area contributed by atoms with Gasteiger partial charge in [-0.25, -0.2) is 4.98 Å². The van der Waals surface area contributed by atoms with Gasteiger partial charge in [0.05, 0.1) is 16.5 Å². The van der Waals surface area contributed by atoms with E-state index in [1.165, 1.54) is 23.1 Å². The van der Waals surface area contributed by atoms with E-state index in [-0.39, 0.29) is 6.10 Å². The van der Waals surface area contributed by atoms with E-state index in [0.717, 1.165) is 28.3 Å². The molecular weight excluding hydrogens is 364 g/mol. The highest BCUT2D eigenvalue weighted by Crippen LogP contribution is 2.35. The van der Waals surface area contributed by atoms with Gasteiger partial charge < -0.3 is 4.74 Å². The fourth-order valence-corrected chi connectivity index (χ4v) is 4.25. The van der Waals surface area contributed by atoms with Crippen LogP contribution in [0.2, 0.25) is 0 Å². The molecule has 1 aromatic heterocycles. The zero-order chi connectivity index (χ0) is 20.1. The molecule has 0 atom stereocenters. The van der Waals surface area contributed by atoms with Crippen LogP contribution in [-0.4, -0.2) is 11.1 Å². The van der Waals surface area contributed by atoms with Crippen molar-refractivity contribution in [2.75, 3.05) is 0 Å². The van der Waals surface area contributed by atoms with Crippen LogP contribution in [0, 0.1) is 11.3 Å². The third-order valence-corrected chi connectivity index (χ3v) is 5.79. The molecule has 1 aliphatic rings. The molecule has 3 rings (SSSR count). The summed E-state index contributed by atoms with van der Waals surface area (Å²) >= 11 is 1.67. The summed E-state index contributed by atoms with van der Waals surface area (Å²) < 4.78 is 5.73. The lowest BCUT2D eigenvalue weighted by Gasteiger charge is -2.11. The van der Waals surface area contributed by atoms with E-state index >= 15 is 0 Å². The standard InChI is InChI=1S/C24H26N2OS/c1-16(2)27-22-12-11-19(13-20(22)14-25)24-26-15-23(28-24)21-10-6-8-17(3)7-5-9-18(21)4/h6,8,10-13,15-16H,5,7,9H2,1-4H3/b10-6-,17-8+,21-18-. The van der Waals surface area contributed by atoms with Crippen molar-refractivity contribution in [3.8, 4) is 22.4 Å². The van der Waals surface area contributed by atoms with Crippen LogP contribution in [0.5, 0.6) is 5.75 Å². The normalized spacial score (nSPS) is 20.5. The molecule has 0 aliphatic heterocycles. The van der Waals surface area contributed by atoms with E-state index in [9.17, 15) is 5.26 Å². The maximum Gasteiger partial charge on any atom is 0.137 e. The van der Waals surface area contributed by atoms with Crippen molar-refractivity contribution in [2.45, 2.75) is 53.1 Å². The average molecular weight is 391 g/mol. The molecule has 0 bridgehead atoms. The molecular formula is C24H26N2OS. The van der Waals surface area contributed by atoms with Crippen molar-refractivity contribution in [1.29, 1.82) is 5.26 Å².